The number of nitrogens with zero attached hydrogens (tertiary/aromatic N) is 2. The van der Waals surface area contributed by atoms with Crippen LogP contribution in [0.1, 0.15) is 23.6 Å². The quantitative estimate of drug-likeness (QED) is 0.397. The van der Waals surface area contributed by atoms with E-state index in [2.05, 4.69) is 5.32 Å². The van der Waals surface area contributed by atoms with E-state index >= 15 is 0 Å². The van der Waals surface area contributed by atoms with E-state index in [0.29, 0.717) is 16.3 Å². The Labute approximate surface area is 224 Å². The van der Waals surface area contributed by atoms with Crippen molar-refractivity contribution in [1.29, 1.82) is 0 Å². The predicted molar refractivity (Wildman–Crippen MR) is 148 cm³/mol. The first kappa shape index (κ1) is 28.2. The van der Waals surface area contributed by atoms with Crippen LogP contribution in [-0.2, 0) is 39.0 Å². The van der Waals surface area contributed by atoms with Gasteiger partial charge in [-0.25, -0.2) is 8.42 Å². The summed E-state index contributed by atoms with van der Waals surface area (Å²) in [5.74, 6) is -0.878. The van der Waals surface area contributed by atoms with E-state index in [9.17, 15) is 18.0 Å². The topological polar surface area (TPSA) is 86.8 Å². The third-order valence-electron chi connectivity index (χ3n) is 6.13. The Bertz CT molecular complexity index is 1310. The van der Waals surface area contributed by atoms with Crippen molar-refractivity contribution < 1.29 is 18.0 Å². The highest BCUT2D eigenvalue weighted by Gasteiger charge is 2.32. The summed E-state index contributed by atoms with van der Waals surface area (Å²) in [5.41, 5.74) is 2.94. The highest BCUT2D eigenvalue weighted by atomic mass is 35.5. The molecule has 3 rings (SSSR count). The van der Waals surface area contributed by atoms with Crippen molar-refractivity contribution in [2.24, 2.45) is 0 Å². The maximum Gasteiger partial charge on any atom is 0.244 e. The summed E-state index contributed by atoms with van der Waals surface area (Å²) in [7, 11) is -2.29. The van der Waals surface area contributed by atoms with E-state index in [1.54, 1.807) is 36.4 Å². The molecule has 0 aromatic heterocycles. The number of rotatable bonds is 11. The molecule has 196 valence electrons. The van der Waals surface area contributed by atoms with Gasteiger partial charge in [0.25, 0.3) is 0 Å². The van der Waals surface area contributed by atoms with E-state index in [4.69, 9.17) is 11.6 Å². The van der Waals surface area contributed by atoms with Gasteiger partial charge in [-0.15, -0.1) is 0 Å². The average Bonchev–Trinajstić information content (AvgIpc) is 2.89. The molecule has 0 bridgehead atoms. The minimum Gasteiger partial charge on any atom is -0.357 e. The largest absolute Gasteiger partial charge is 0.357 e. The van der Waals surface area contributed by atoms with Crippen molar-refractivity contribution in [3.63, 3.8) is 0 Å². The number of carbonyl (C=O) groups excluding carboxylic acids is 2. The van der Waals surface area contributed by atoms with Gasteiger partial charge in [0.1, 0.15) is 12.6 Å². The second kappa shape index (κ2) is 12.7. The fourth-order valence-electron chi connectivity index (χ4n) is 4.04. The van der Waals surface area contributed by atoms with Crippen molar-refractivity contribution in [3.05, 3.63) is 101 Å². The van der Waals surface area contributed by atoms with Gasteiger partial charge in [-0.2, -0.15) is 0 Å². The van der Waals surface area contributed by atoms with Crippen LogP contribution in [-0.4, -0.2) is 51.0 Å². The molecule has 0 radical (unpaired) electrons. The van der Waals surface area contributed by atoms with E-state index < -0.39 is 28.5 Å². The number of halogens is 1. The van der Waals surface area contributed by atoms with Crippen LogP contribution in [0, 0.1) is 0 Å². The maximum atomic E-state index is 13.9. The van der Waals surface area contributed by atoms with Crippen LogP contribution in [0.5, 0.6) is 0 Å². The number of benzene rings is 3. The summed E-state index contributed by atoms with van der Waals surface area (Å²) in [6, 6.07) is 22.6. The third-order valence-corrected chi connectivity index (χ3v) is 7.64. The molecule has 1 N–H and O–H groups in total. The Morgan fingerprint density at radius 3 is 2.11 bits per heavy atom. The Hall–Kier alpha value is -3.36. The number of nitrogens with one attached hydrogen (secondary N) is 1. The fourth-order valence-corrected chi connectivity index (χ4v) is 5.09. The van der Waals surface area contributed by atoms with Crippen LogP contribution in [0.15, 0.2) is 78.9 Å². The zero-order chi connectivity index (χ0) is 27.0. The monoisotopic (exact) mass is 541 g/mol. The molecule has 0 fully saturated rings. The van der Waals surface area contributed by atoms with Gasteiger partial charge in [-0.3, -0.25) is 13.9 Å². The van der Waals surface area contributed by atoms with Crippen LogP contribution in [0.3, 0.4) is 0 Å². The molecule has 0 aliphatic carbocycles. The van der Waals surface area contributed by atoms with Crippen LogP contribution >= 0.6 is 11.6 Å². The van der Waals surface area contributed by atoms with E-state index in [0.717, 1.165) is 28.1 Å². The molecule has 9 heteroatoms. The normalized spacial score (nSPS) is 12.0. The lowest BCUT2D eigenvalue weighted by molar-refractivity contribution is -0.139. The maximum absolute atomic E-state index is 13.9. The minimum absolute atomic E-state index is 0.0375. The summed E-state index contributed by atoms with van der Waals surface area (Å²) in [5, 5.41) is 3.10. The summed E-state index contributed by atoms with van der Waals surface area (Å²) in [4.78, 5) is 28.4. The van der Waals surface area contributed by atoms with Gasteiger partial charge >= 0.3 is 0 Å². The molecule has 0 saturated heterocycles. The lowest BCUT2D eigenvalue weighted by Crippen LogP contribution is -2.52. The molecule has 0 heterocycles. The number of carbonyl (C=O) groups is 2. The second-order valence-corrected chi connectivity index (χ2v) is 11.0. The number of hydrogen-bond donors (Lipinski definition) is 1. The summed E-state index contributed by atoms with van der Waals surface area (Å²) < 4.78 is 26.6. The van der Waals surface area contributed by atoms with Crippen molar-refractivity contribution in [2.45, 2.75) is 32.4 Å². The zero-order valence-corrected chi connectivity index (χ0v) is 22.8. The van der Waals surface area contributed by atoms with E-state index in [-0.39, 0.29) is 18.9 Å². The van der Waals surface area contributed by atoms with Gasteiger partial charge in [0.15, 0.2) is 0 Å². The van der Waals surface area contributed by atoms with Crippen LogP contribution in [0.25, 0.3) is 0 Å². The molecule has 0 aliphatic rings. The zero-order valence-electron chi connectivity index (χ0n) is 21.2. The first-order chi connectivity index (χ1) is 17.6. The standard InChI is InChI=1S/C28H32ClN3O4S/c1-4-21-14-16-24(17-15-21)32(37(3,35)36)20-27(33)31(19-23-12-8-9-13-25(23)29)26(28(34)30-2)18-22-10-6-5-7-11-22/h5-17,26H,4,18-20H2,1-3H3,(H,30,34)/t26-/m0/s1. The highest BCUT2D eigenvalue weighted by Crippen LogP contribution is 2.23. The molecule has 37 heavy (non-hydrogen) atoms. The van der Waals surface area contributed by atoms with Crippen molar-refractivity contribution in [3.8, 4) is 0 Å². The number of likely N-dealkylation sites (N-methyl/N-ethyl adjacent to an activating group) is 1. The van der Waals surface area contributed by atoms with Gasteiger partial charge in [0.05, 0.1) is 11.9 Å². The predicted octanol–water partition coefficient (Wildman–Crippen LogP) is 4.05. The molecule has 0 saturated carbocycles. The molecule has 0 aliphatic heterocycles. The van der Waals surface area contributed by atoms with Crippen molar-refractivity contribution in [1.82, 2.24) is 10.2 Å². The first-order valence-electron chi connectivity index (χ1n) is 12.0. The number of hydrogen-bond acceptors (Lipinski definition) is 4. The summed E-state index contributed by atoms with van der Waals surface area (Å²) >= 11 is 6.41. The molecule has 0 unspecified atom stereocenters. The molecule has 1 atom stereocenters. The Balaban J connectivity index is 2.02. The molecule has 0 spiro atoms. The van der Waals surface area contributed by atoms with E-state index in [1.165, 1.54) is 11.9 Å². The van der Waals surface area contributed by atoms with Gasteiger partial charge in [-0.05, 0) is 41.3 Å². The van der Waals surface area contributed by atoms with Crippen molar-refractivity contribution >= 4 is 39.1 Å². The molecular weight excluding hydrogens is 510 g/mol. The molecule has 3 aromatic carbocycles. The third kappa shape index (κ3) is 7.57. The number of amides is 2. The smallest absolute Gasteiger partial charge is 0.244 e. The summed E-state index contributed by atoms with van der Waals surface area (Å²) in [6.45, 7) is 1.58. The lowest BCUT2D eigenvalue weighted by atomic mass is 10.0. The average molecular weight is 542 g/mol. The lowest BCUT2D eigenvalue weighted by Gasteiger charge is -2.33. The number of aryl methyl sites for hydroxylation is 1. The van der Waals surface area contributed by atoms with Crippen molar-refractivity contribution in [2.75, 3.05) is 24.2 Å². The van der Waals surface area contributed by atoms with E-state index in [1.807, 2.05) is 49.4 Å². The molecule has 3 aromatic rings. The number of sulfonamides is 1. The summed E-state index contributed by atoms with van der Waals surface area (Å²) in [6.07, 6.45) is 2.12. The van der Waals surface area contributed by atoms with Gasteiger partial charge in [0, 0.05) is 25.0 Å². The second-order valence-electron chi connectivity index (χ2n) is 8.72. The SMILES string of the molecule is CCc1ccc(N(CC(=O)N(Cc2ccccc2Cl)[C@@H](Cc2ccccc2)C(=O)NC)S(C)(=O)=O)cc1. The Morgan fingerprint density at radius 2 is 1.54 bits per heavy atom. The first-order valence-corrected chi connectivity index (χ1v) is 14.2. The molecular formula is C28H32ClN3O4S. The van der Waals surface area contributed by atoms with Crippen LogP contribution < -0.4 is 9.62 Å². The van der Waals surface area contributed by atoms with Crippen LogP contribution in [0.2, 0.25) is 5.02 Å². The highest BCUT2D eigenvalue weighted by molar-refractivity contribution is 7.92. The van der Waals surface area contributed by atoms with Crippen LogP contribution in [0.4, 0.5) is 5.69 Å². The fraction of sp³-hybridized carbons (Fsp3) is 0.286. The molecule has 7 nitrogen and oxygen atoms in total. The van der Waals surface area contributed by atoms with Gasteiger partial charge in [-0.1, -0.05) is 79.2 Å². The van der Waals surface area contributed by atoms with Gasteiger partial charge in [0.2, 0.25) is 21.8 Å². The Morgan fingerprint density at radius 1 is 0.919 bits per heavy atom. The Kier molecular flexibility index (Phi) is 9.72. The number of anilines is 1. The molecule has 2 amide bonds. The van der Waals surface area contributed by atoms with Gasteiger partial charge < -0.3 is 10.2 Å². The minimum atomic E-state index is -3.80.